The van der Waals surface area contributed by atoms with Gasteiger partial charge in [0.25, 0.3) is 0 Å². The van der Waals surface area contributed by atoms with E-state index in [1.807, 2.05) is 11.5 Å². The Hall–Kier alpha value is -1.73. The van der Waals surface area contributed by atoms with Gasteiger partial charge in [-0.2, -0.15) is 0 Å². The van der Waals surface area contributed by atoms with E-state index in [9.17, 15) is 8.42 Å². The average molecular weight is 280 g/mol. The Bertz CT molecular complexity index is 622. The van der Waals surface area contributed by atoms with Crippen LogP contribution in [0.2, 0.25) is 0 Å². The largest absolute Gasteiger partial charge is 0.318 e. The standard InChI is InChI=1S/C12H16N4O2S/c1-2-16-10-13-15-12(16)8-9-14-19(17,18)11-6-4-3-5-7-11/h3-7,10,14H,2,8-9H2,1H3. The molecule has 0 unspecified atom stereocenters. The van der Waals surface area contributed by atoms with E-state index < -0.39 is 10.0 Å². The fourth-order valence-corrected chi connectivity index (χ4v) is 2.77. The summed E-state index contributed by atoms with van der Waals surface area (Å²) in [6.45, 7) is 3.06. The summed E-state index contributed by atoms with van der Waals surface area (Å²) in [5.74, 6) is 0.776. The van der Waals surface area contributed by atoms with E-state index in [0.717, 1.165) is 12.4 Å². The molecule has 0 amide bonds. The van der Waals surface area contributed by atoms with Crippen molar-refractivity contribution < 1.29 is 8.42 Å². The van der Waals surface area contributed by atoms with Crippen LogP contribution in [0.4, 0.5) is 0 Å². The summed E-state index contributed by atoms with van der Waals surface area (Å²) in [5, 5.41) is 7.76. The highest BCUT2D eigenvalue weighted by Gasteiger charge is 2.13. The van der Waals surface area contributed by atoms with Crippen LogP contribution in [-0.4, -0.2) is 29.7 Å². The minimum absolute atomic E-state index is 0.270. The lowest BCUT2D eigenvalue weighted by Gasteiger charge is -2.06. The number of benzene rings is 1. The van der Waals surface area contributed by atoms with Crippen LogP contribution in [0, 0.1) is 0 Å². The summed E-state index contributed by atoms with van der Waals surface area (Å²) < 4.78 is 28.4. The van der Waals surface area contributed by atoms with Crippen molar-refractivity contribution in [2.75, 3.05) is 6.54 Å². The van der Waals surface area contributed by atoms with Gasteiger partial charge in [-0.05, 0) is 19.1 Å². The van der Waals surface area contributed by atoms with Gasteiger partial charge >= 0.3 is 0 Å². The molecule has 0 saturated heterocycles. The fourth-order valence-electron chi connectivity index (χ4n) is 1.72. The lowest BCUT2D eigenvalue weighted by Crippen LogP contribution is -2.26. The maximum absolute atomic E-state index is 12.0. The van der Waals surface area contributed by atoms with E-state index in [-0.39, 0.29) is 4.90 Å². The van der Waals surface area contributed by atoms with Crippen molar-refractivity contribution in [1.82, 2.24) is 19.5 Å². The molecule has 102 valence electrons. The van der Waals surface area contributed by atoms with Crippen molar-refractivity contribution in [2.45, 2.75) is 24.8 Å². The second-order valence-electron chi connectivity index (χ2n) is 3.99. The molecule has 0 spiro atoms. The molecule has 7 heteroatoms. The zero-order valence-corrected chi connectivity index (χ0v) is 11.5. The minimum Gasteiger partial charge on any atom is -0.318 e. The van der Waals surface area contributed by atoms with Gasteiger partial charge in [0.1, 0.15) is 12.2 Å². The number of hydrogen-bond acceptors (Lipinski definition) is 4. The number of aromatic nitrogens is 3. The maximum Gasteiger partial charge on any atom is 0.240 e. The highest BCUT2D eigenvalue weighted by molar-refractivity contribution is 7.89. The average Bonchev–Trinajstić information content (AvgIpc) is 2.87. The quantitative estimate of drug-likeness (QED) is 0.850. The molecule has 0 atom stereocenters. The van der Waals surface area contributed by atoms with Crippen LogP contribution in [0.25, 0.3) is 0 Å². The molecular formula is C12H16N4O2S. The SMILES string of the molecule is CCn1cnnc1CCNS(=O)(=O)c1ccccc1. The molecule has 0 saturated carbocycles. The third kappa shape index (κ3) is 3.39. The molecule has 0 aliphatic carbocycles. The van der Waals surface area contributed by atoms with Gasteiger partial charge in [-0.25, -0.2) is 13.1 Å². The van der Waals surface area contributed by atoms with Crippen molar-refractivity contribution >= 4 is 10.0 Å². The predicted molar refractivity (Wildman–Crippen MR) is 71.0 cm³/mol. The van der Waals surface area contributed by atoms with E-state index in [2.05, 4.69) is 14.9 Å². The molecule has 1 heterocycles. The van der Waals surface area contributed by atoms with Crippen molar-refractivity contribution in [3.05, 3.63) is 42.5 Å². The van der Waals surface area contributed by atoms with Crippen LogP contribution in [0.1, 0.15) is 12.7 Å². The Morgan fingerprint density at radius 2 is 2.00 bits per heavy atom. The summed E-state index contributed by atoms with van der Waals surface area (Å²) in [5.41, 5.74) is 0. The summed E-state index contributed by atoms with van der Waals surface area (Å²) >= 11 is 0. The zero-order chi connectivity index (χ0) is 13.7. The minimum atomic E-state index is -3.44. The van der Waals surface area contributed by atoms with E-state index in [1.54, 1.807) is 36.7 Å². The van der Waals surface area contributed by atoms with Gasteiger partial charge < -0.3 is 4.57 Å². The lowest BCUT2D eigenvalue weighted by molar-refractivity contribution is 0.579. The molecule has 0 fully saturated rings. The second-order valence-corrected chi connectivity index (χ2v) is 5.76. The Morgan fingerprint density at radius 1 is 1.26 bits per heavy atom. The van der Waals surface area contributed by atoms with Crippen LogP contribution in [0.3, 0.4) is 0 Å². The van der Waals surface area contributed by atoms with Gasteiger partial charge in [-0.1, -0.05) is 18.2 Å². The topological polar surface area (TPSA) is 76.9 Å². The molecule has 0 aliphatic heterocycles. The molecular weight excluding hydrogens is 264 g/mol. The van der Waals surface area contributed by atoms with Crippen LogP contribution < -0.4 is 4.72 Å². The Kier molecular flexibility index (Phi) is 4.28. The van der Waals surface area contributed by atoms with Crippen molar-refractivity contribution in [3.63, 3.8) is 0 Å². The van der Waals surface area contributed by atoms with Gasteiger partial charge in [0.15, 0.2) is 0 Å². The number of hydrogen-bond donors (Lipinski definition) is 1. The molecule has 2 aromatic rings. The van der Waals surface area contributed by atoms with E-state index >= 15 is 0 Å². The third-order valence-corrected chi connectivity index (χ3v) is 4.21. The van der Waals surface area contributed by atoms with Crippen molar-refractivity contribution in [1.29, 1.82) is 0 Å². The highest BCUT2D eigenvalue weighted by atomic mass is 32.2. The molecule has 0 radical (unpaired) electrons. The van der Waals surface area contributed by atoms with Gasteiger partial charge in [-0.3, -0.25) is 0 Å². The normalized spacial score (nSPS) is 11.6. The molecule has 1 aromatic carbocycles. The van der Waals surface area contributed by atoms with Crippen LogP contribution in [0.15, 0.2) is 41.6 Å². The summed E-state index contributed by atoms with van der Waals surface area (Å²) in [7, 11) is -3.44. The first-order chi connectivity index (χ1) is 9.13. The first kappa shape index (κ1) is 13.7. The molecule has 0 aliphatic rings. The maximum atomic E-state index is 12.0. The molecule has 19 heavy (non-hydrogen) atoms. The van der Waals surface area contributed by atoms with Crippen LogP contribution in [-0.2, 0) is 23.0 Å². The summed E-state index contributed by atoms with van der Waals surface area (Å²) in [6.07, 6.45) is 2.15. The lowest BCUT2D eigenvalue weighted by atomic mass is 10.4. The van der Waals surface area contributed by atoms with Gasteiger partial charge in [0, 0.05) is 19.5 Å². The fraction of sp³-hybridized carbons (Fsp3) is 0.333. The Morgan fingerprint density at radius 3 is 2.68 bits per heavy atom. The number of sulfonamides is 1. The van der Waals surface area contributed by atoms with Crippen LogP contribution in [0.5, 0.6) is 0 Å². The first-order valence-corrected chi connectivity index (χ1v) is 7.53. The summed E-state index contributed by atoms with van der Waals surface area (Å²) in [4.78, 5) is 0.270. The Labute approximate surface area is 112 Å². The summed E-state index contributed by atoms with van der Waals surface area (Å²) in [6, 6.07) is 8.31. The monoisotopic (exact) mass is 280 g/mol. The van der Waals surface area contributed by atoms with E-state index in [4.69, 9.17) is 0 Å². The van der Waals surface area contributed by atoms with E-state index in [1.165, 1.54) is 0 Å². The van der Waals surface area contributed by atoms with E-state index in [0.29, 0.717) is 13.0 Å². The van der Waals surface area contributed by atoms with Crippen molar-refractivity contribution in [2.24, 2.45) is 0 Å². The number of rotatable bonds is 6. The molecule has 6 nitrogen and oxygen atoms in total. The van der Waals surface area contributed by atoms with Gasteiger partial charge in [0.2, 0.25) is 10.0 Å². The molecule has 1 aromatic heterocycles. The third-order valence-electron chi connectivity index (χ3n) is 2.73. The smallest absolute Gasteiger partial charge is 0.240 e. The Balaban J connectivity index is 1.96. The highest BCUT2D eigenvalue weighted by Crippen LogP contribution is 2.07. The molecule has 0 bridgehead atoms. The number of nitrogens with zero attached hydrogens (tertiary/aromatic N) is 3. The predicted octanol–water partition coefficient (Wildman–Crippen LogP) is 0.819. The molecule has 2 rings (SSSR count). The van der Waals surface area contributed by atoms with Gasteiger partial charge in [-0.15, -0.1) is 10.2 Å². The number of nitrogens with one attached hydrogen (secondary N) is 1. The van der Waals surface area contributed by atoms with Crippen LogP contribution >= 0.6 is 0 Å². The van der Waals surface area contributed by atoms with Crippen molar-refractivity contribution in [3.8, 4) is 0 Å². The first-order valence-electron chi connectivity index (χ1n) is 6.05. The zero-order valence-electron chi connectivity index (χ0n) is 10.7. The number of aryl methyl sites for hydroxylation is 1. The van der Waals surface area contributed by atoms with Gasteiger partial charge in [0.05, 0.1) is 4.90 Å². The molecule has 1 N–H and O–H groups in total. The second kappa shape index (κ2) is 5.94.